The fourth-order valence-electron chi connectivity index (χ4n) is 3.31. The van der Waals surface area contributed by atoms with E-state index in [0.717, 1.165) is 16.7 Å². The van der Waals surface area contributed by atoms with Gasteiger partial charge in [-0.15, -0.1) is 0 Å². The normalized spacial score (nSPS) is 15.1. The maximum Gasteiger partial charge on any atom is 0.422 e. The minimum absolute atomic E-state index is 0.00277. The lowest BCUT2D eigenvalue weighted by Gasteiger charge is -2.13. The molecule has 0 radical (unpaired) electrons. The number of amides is 2. The second-order valence-electron chi connectivity index (χ2n) is 8.21. The summed E-state index contributed by atoms with van der Waals surface area (Å²) >= 11 is 0. The summed E-state index contributed by atoms with van der Waals surface area (Å²) in [5.74, 6) is -0.796. The number of carbonyl (C=O) groups excluding carboxylic acids is 2. The van der Waals surface area contributed by atoms with Crippen LogP contribution in [0.4, 0.5) is 30.8 Å². The molecule has 14 heteroatoms. The van der Waals surface area contributed by atoms with Gasteiger partial charge in [-0.2, -0.15) is 28.1 Å². The SMILES string of the molecule is O=C1COCC(=O)NCc2cccc(c2)CNc2nc(nc(OCC(F)(F)F)n2)Nc2ccc(cc2)CN1. The number of hydrogen-bond donors (Lipinski definition) is 4. The Morgan fingerprint density at radius 1 is 0.789 bits per heavy atom. The summed E-state index contributed by atoms with van der Waals surface area (Å²) in [6, 6.07) is 13.6. The lowest BCUT2D eigenvalue weighted by molar-refractivity contribution is -0.154. The number of halogens is 3. The van der Waals surface area contributed by atoms with E-state index in [2.05, 4.69) is 36.2 Å². The fraction of sp³-hybridized carbons (Fsp3) is 0.292. The van der Waals surface area contributed by atoms with E-state index in [4.69, 9.17) is 9.47 Å². The van der Waals surface area contributed by atoms with Gasteiger partial charge in [-0.05, 0) is 28.8 Å². The molecular weight excluding hydrogens is 507 g/mol. The van der Waals surface area contributed by atoms with Crippen LogP contribution in [-0.2, 0) is 34.0 Å². The van der Waals surface area contributed by atoms with Crippen LogP contribution in [0, 0.1) is 0 Å². The van der Waals surface area contributed by atoms with Gasteiger partial charge in [-0.1, -0.05) is 36.4 Å². The molecule has 1 aromatic heterocycles. The van der Waals surface area contributed by atoms with Crippen LogP contribution in [0.1, 0.15) is 16.7 Å². The zero-order chi connectivity index (χ0) is 27.0. The second-order valence-corrected chi connectivity index (χ2v) is 8.21. The van der Waals surface area contributed by atoms with Gasteiger partial charge >= 0.3 is 12.2 Å². The Labute approximate surface area is 215 Å². The number of rotatable bonds is 2. The van der Waals surface area contributed by atoms with Crippen molar-refractivity contribution in [2.24, 2.45) is 0 Å². The summed E-state index contributed by atoms with van der Waals surface area (Å²) in [6.07, 6.45) is -4.57. The number of aromatic nitrogens is 3. The number of nitrogens with one attached hydrogen (secondary N) is 4. The Balaban J connectivity index is 1.58. The van der Waals surface area contributed by atoms with Crippen molar-refractivity contribution in [2.45, 2.75) is 25.8 Å². The predicted molar refractivity (Wildman–Crippen MR) is 129 cm³/mol. The van der Waals surface area contributed by atoms with Crippen LogP contribution in [-0.4, -0.2) is 52.8 Å². The largest absolute Gasteiger partial charge is 0.454 e. The molecule has 0 saturated heterocycles. The summed E-state index contributed by atoms with van der Waals surface area (Å²) in [5.41, 5.74) is 2.92. The third-order valence-corrected chi connectivity index (χ3v) is 5.08. The topological polar surface area (TPSA) is 139 Å². The van der Waals surface area contributed by atoms with Crippen molar-refractivity contribution in [3.63, 3.8) is 0 Å². The van der Waals surface area contributed by atoms with Crippen molar-refractivity contribution in [1.29, 1.82) is 0 Å². The molecule has 0 atom stereocenters. The van der Waals surface area contributed by atoms with E-state index >= 15 is 0 Å². The fourth-order valence-corrected chi connectivity index (χ4v) is 3.31. The molecule has 5 rings (SSSR count). The number of hydrogen-bond acceptors (Lipinski definition) is 9. The van der Waals surface area contributed by atoms with Crippen molar-refractivity contribution in [3.8, 4) is 6.01 Å². The average Bonchev–Trinajstić information content (AvgIpc) is 2.88. The van der Waals surface area contributed by atoms with Crippen LogP contribution in [0.15, 0.2) is 48.5 Å². The quantitative estimate of drug-likeness (QED) is 0.367. The van der Waals surface area contributed by atoms with Crippen LogP contribution in [0.5, 0.6) is 6.01 Å². The maximum atomic E-state index is 12.7. The number of ether oxygens (including phenoxy) is 2. The Kier molecular flexibility index (Phi) is 8.53. The van der Waals surface area contributed by atoms with Gasteiger partial charge in [0.05, 0.1) is 0 Å². The number of alkyl halides is 3. The highest BCUT2D eigenvalue weighted by atomic mass is 19.4. The highest BCUT2D eigenvalue weighted by Crippen LogP contribution is 2.20. The van der Waals surface area contributed by atoms with E-state index in [-0.39, 0.29) is 56.6 Å². The Bertz CT molecular complexity index is 1270. The monoisotopic (exact) mass is 531 g/mol. The lowest BCUT2D eigenvalue weighted by atomic mass is 10.1. The molecular formula is C24H24F3N7O4. The van der Waals surface area contributed by atoms with Crippen LogP contribution < -0.4 is 26.0 Å². The molecule has 0 fully saturated rings. The van der Waals surface area contributed by atoms with Crippen molar-refractivity contribution < 1.29 is 32.2 Å². The Morgan fingerprint density at radius 3 is 2.05 bits per heavy atom. The molecule has 0 unspecified atom stereocenters. The van der Waals surface area contributed by atoms with Gasteiger partial charge < -0.3 is 30.7 Å². The van der Waals surface area contributed by atoms with E-state index in [0.29, 0.717) is 5.69 Å². The number of anilines is 3. The first kappa shape index (κ1) is 26.6. The summed E-state index contributed by atoms with van der Waals surface area (Å²) in [7, 11) is 0. The van der Waals surface area contributed by atoms with Crippen molar-refractivity contribution >= 4 is 29.4 Å². The maximum absolute atomic E-state index is 12.7. The van der Waals surface area contributed by atoms with Gasteiger partial charge in [0.15, 0.2) is 6.61 Å². The van der Waals surface area contributed by atoms with Crippen LogP contribution in [0.3, 0.4) is 0 Å². The zero-order valence-electron chi connectivity index (χ0n) is 20.0. The molecule has 2 amide bonds. The smallest absolute Gasteiger partial charge is 0.422 e. The first-order valence-corrected chi connectivity index (χ1v) is 11.5. The first-order chi connectivity index (χ1) is 18.2. The molecule has 38 heavy (non-hydrogen) atoms. The minimum Gasteiger partial charge on any atom is -0.454 e. The van der Waals surface area contributed by atoms with Crippen LogP contribution in [0.2, 0.25) is 0 Å². The highest BCUT2D eigenvalue weighted by Gasteiger charge is 2.29. The molecule has 0 aliphatic carbocycles. The van der Waals surface area contributed by atoms with Gasteiger partial charge in [-0.3, -0.25) is 9.59 Å². The molecule has 2 aliphatic heterocycles. The Morgan fingerprint density at radius 2 is 1.39 bits per heavy atom. The molecule has 11 nitrogen and oxygen atoms in total. The molecule has 200 valence electrons. The van der Waals surface area contributed by atoms with Crippen LogP contribution >= 0.6 is 0 Å². The van der Waals surface area contributed by atoms with E-state index in [1.165, 1.54) is 0 Å². The highest BCUT2D eigenvalue weighted by molar-refractivity contribution is 5.79. The molecule has 6 bridgehead atoms. The van der Waals surface area contributed by atoms with E-state index in [1.54, 1.807) is 30.3 Å². The molecule has 4 N–H and O–H groups in total. The lowest BCUT2D eigenvalue weighted by Crippen LogP contribution is -2.31. The zero-order valence-corrected chi connectivity index (χ0v) is 20.0. The van der Waals surface area contributed by atoms with E-state index < -0.39 is 18.8 Å². The molecule has 0 spiro atoms. The van der Waals surface area contributed by atoms with E-state index in [1.807, 2.05) is 18.2 Å². The summed E-state index contributed by atoms with van der Waals surface area (Å²) in [4.78, 5) is 36.2. The van der Waals surface area contributed by atoms with Gasteiger partial charge in [-0.25, -0.2) is 0 Å². The van der Waals surface area contributed by atoms with E-state index in [9.17, 15) is 22.8 Å². The van der Waals surface area contributed by atoms with Gasteiger partial charge in [0, 0.05) is 25.3 Å². The average molecular weight is 531 g/mol. The number of fused-ring (bicyclic) bond motifs is 11. The standard InChI is InChI=1S/C24H24F3N7O4/c25-24(26,27)14-38-23-33-21-30-11-17-3-1-2-16(8-17)10-29-20(36)13-37-12-19(35)28-9-15-4-6-18(7-5-15)31-22(32-21)34-23/h1-8H,9-14H2,(H,28,35)(H,29,36)(H2,30,31,32,33,34). The molecule has 3 heterocycles. The second kappa shape index (κ2) is 12.2. The first-order valence-electron chi connectivity index (χ1n) is 11.5. The van der Waals surface area contributed by atoms with Gasteiger partial charge in [0.25, 0.3) is 0 Å². The van der Waals surface area contributed by atoms with Gasteiger partial charge in [0.2, 0.25) is 23.7 Å². The van der Waals surface area contributed by atoms with Crippen LogP contribution in [0.25, 0.3) is 0 Å². The number of nitrogens with zero attached hydrogens (tertiary/aromatic N) is 3. The predicted octanol–water partition coefficient (Wildman–Crippen LogP) is 2.43. The summed E-state index contributed by atoms with van der Waals surface area (Å²) in [6.45, 7) is -1.41. The minimum atomic E-state index is -4.57. The number of carbonyl (C=O) groups is 2. The van der Waals surface area contributed by atoms with Crippen molar-refractivity contribution in [2.75, 3.05) is 30.5 Å². The molecule has 0 saturated carbocycles. The molecule has 3 aromatic rings. The number of benzene rings is 2. The third-order valence-electron chi connectivity index (χ3n) is 5.08. The van der Waals surface area contributed by atoms with Crippen molar-refractivity contribution in [1.82, 2.24) is 25.6 Å². The third kappa shape index (κ3) is 8.58. The van der Waals surface area contributed by atoms with Gasteiger partial charge in [0.1, 0.15) is 13.2 Å². The van der Waals surface area contributed by atoms with Crippen molar-refractivity contribution in [3.05, 3.63) is 65.2 Å². The Hall–Kier alpha value is -4.46. The molecule has 2 aromatic carbocycles. The molecule has 2 aliphatic rings. The summed E-state index contributed by atoms with van der Waals surface area (Å²) < 4.78 is 48.0. The summed E-state index contributed by atoms with van der Waals surface area (Å²) in [5, 5.41) is 11.3.